The summed E-state index contributed by atoms with van der Waals surface area (Å²) >= 11 is 5.76. The molecule has 0 aliphatic carbocycles. The zero-order chi connectivity index (χ0) is 17.0. The molecule has 0 fully saturated rings. The van der Waals surface area contributed by atoms with Crippen molar-refractivity contribution in [3.05, 3.63) is 58.9 Å². The van der Waals surface area contributed by atoms with Crippen LogP contribution < -0.4 is 4.72 Å². The van der Waals surface area contributed by atoms with Gasteiger partial charge in [-0.1, -0.05) is 11.6 Å². The van der Waals surface area contributed by atoms with Crippen molar-refractivity contribution < 1.29 is 22.3 Å². The Balaban J connectivity index is 2.22. The molecule has 0 aliphatic rings. The molecule has 23 heavy (non-hydrogen) atoms. The molecule has 0 saturated heterocycles. The molecular formula is C15H13ClFNO4S. The van der Waals surface area contributed by atoms with Crippen LogP contribution in [0.1, 0.15) is 17.3 Å². The molecule has 0 unspecified atom stereocenters. The van der Waals surface area contributed by atoms with E-state index >= 15 is 0 Å². The van der Waals surface area contributed by atoms with Gasteiger partial charge in [0.05, 0.1) is 17.2 Å². The van der Waals surface area contributed by atoms with Gasteiger partial charge < -0.3 is 4.74 Å². The Labute approximate surface area is 138 Å². The van der Waals surface area contributed by atoms with Crippen molar-refractivity contribution in [2.45, 2.75) is 11.8 Å². The summed E-state index contributed by atoms with van der Waals surface area (Å²) in [4.78, 5) is 11.3. The molecule has 2 aromatic rings. The number of nitrogens with one attached hydrogen (secondary N) is 1. The molecule has 0 bridgehead atoms. The molecule has 0 spiro atoms. The summed E-state index contributed by atoms with van der Waals surface area (Å²) in [5, 5.41) is -0.222. The maximum Gasteiger partial charge on any atom is 0.338 e. The predicted molar refractivity (Wildman–Crippen MR) is 84.6 cm³/mol. The van der Waals surface area contributed by atoms with Crippen LogP contribution in [-0.4, -0.2) is 21.0 Å². The van der Waals surface area contributed by atoms with Crippen molar-refractivity contribution in [3.63, 3.8) is 0 Å². The summed E-state index contributed by atoms with van der Waals surface area (Å²) in [5.41, 5.74) is 0.535. The molecule has 0 heterocycles. The number of ether oxygens (including phenoxy) is 1. The first kappa shape index (κ1) is 17.2. The first-order valence-corrected chi connectivity index (χ1v) is 8.44. The molecule has 2 rings (SSSR count). The van der Waals surface area contributed by atoms with E-state index in [1.54, 1.807) is 6.92 Å². The van der Waals surface area contributed by atoms with Crippen LogP contribution in [0.4, 0.5) is 10.1 Å². The van der Waals surface area contributed by atoms with Gasteiger partial charge in [-0.15, -0.1) is 0 Å². The molecule has 1 N–H and O–H groups in total. The second-order valence-corrected chi connectivity index (χ2v) is 6.54. The number of carbonyl (C=O) groups excluding carboxylic acids is 1. The highest BCUT2D eigenvalue weighted by atomic mass is 35.5. The summed E-state index contributed by atoms with van der Waals surface area (Å²) < 4.78 is 44.6. The van der Waals surface area contributed by atoms with E-state index in [9.17, 15) is 17.6 Å². The first-order chi connectivity index (χ1) is 10.8. The SMILES string of the molecule is CCOC(=O)c1ccc(NS(=O)(=O)c2ccc(F)cc2Cl)cc1. The molecule has 0 atom stereocenters. The second kappa shape index (κ2) is 6.97. The number of anilines is 1. The van der Waals surface area contributed by atoms with Crippen molar-refractivity contribution in [1.82, 2.24) is 0 Å². The molecule has 0 amide bonds. The fraction of sp³-hybridized carbons (Fsp3) is 0.133. The first-order valence-electron chi connectivity index (χ1n) is 6.58. The fourth-order valence-electron chi connectivity index (χ4n) is 1.79. The molecule has 5 nitrogen and oxygen atoms in total. The van der Waals surface area contributed by atoms with Gasteiger partial charge in [0, 0.05) is 5.69 Å². The van der Waals surface area contributed by atoms with Crippen LogP contribution in [0.15, 0.2) is 47.4 Å². The summed E-state index contributed by atoms with van der Waals surface area (Å²) in [7, 11) is -3.97. The Morgan fingerprint density at radius 3 is 2.43 bits per heavy atom. The molecule has 0 saturated carbocycles. The molecule has 8 heteroatoms. The van der Waals surface area contributed by atoms with E-state index in [1.807, 2.05) is 0 Å². The van der Waals surface area contributed by atoms with Crippen LogP contribution in [-0.2, 0) is 14.8 Å². The lowest BCUT2D eigenvalue weighted by Crippen LogP contribution is -2.14. The summed E-state index contributed by atoms with van der Waals surface area (Å²) in [5.74, 6) is -1.13. The van der Waals surface area contributed by atoms with E-state index in [0.29, 0.717) is 5.56 Å². The van der Waals surface area contributed by atoms with Crippen LogP contribution in [0, 0.1) is 5.82 Å². The van der Waals surface area contributed by atoms with Gasteiger partial charge in [0.1, 0.15) is 10.7 Å². The van der Waals surface area contributed by atoms with E-state index in [2.05, 4.69) is 4.72 Å². The normalized spacial score (nSPS) is 11.1. The van der Waals surface area contributed by atoms with Crippen LogP contribution >= 0.6 is 11.6 Å². The number of sulfonamides is 1. The van der Waals surface area contributed by atoms with E-state index in [0.717, 1.165) is 18.2 Å². The third-order valence-corrected chi connectivity index (χ3v) is 4.70. The Morgan fingerprint density at radius 1 is 1.22 bits per heavy atom. The Hall–Kier alpha value is -2.12. The number of benzene rings is 2. The second-order valence-electron chi connectivity index (χ2n) is 4.48. The highest BCUT2D eigenvalue weighted by Gasteiger charge is 2.18. The Kier molecular flexibility index (Phi) is 5.23. The number of carbonyl (C=O) groups is 1. The molecule has 0 radical (unpaired) electrons. The topological polar surface area (TPSA) is 72.5 Å². The van der Waals surface area contributed by atoms with Crippen LogP contribution in [0.5, 0.6) is 0 Å². The number of rotatable bonds is 5. The van der Waals surface area contributed by atoms with Gasteiger partial charge in [-0.05, 0) is 49.4 Å². The van der Waals surface area contributed by atoms with Crippen molar-refractivity contribution in [2.75, 3.05) is 11.3 Å². The number of esters is 1. The quantitative estimate of drug-likeness (QED) is 0.832. The molecular weight excluding hydrogens is 345 g/mol. The van der Waals surface area contributed by atoms with Crippen LogP contribution in [0.25, 0.3) is 0 Å². The van der Waals surface area contributed by atoms with Gasteiger partial charge in [0.2, 0.25) is 0 Å². The molecule has 2 aromatic carbocycles. The number of halogens is 2. The largest absolute Gasteiger partial charge is 0.462 e. The predicted octanol–water partition coefficient (Wildman–Crippen LogP) is 3.46. The zero-order valence-corrected chi connectivity index (χ0v) is 13.6. The van der Waals surface area contributed by atoms with Gasteiger partial charge in [-0.3, -0.25) is 4.72 Å². The van der Waals surface area contributed by atoms with E-state index in [-0.39, 0.29) is 22.2 Å². The monoisotopic (exact) mass is 357 g/mol. The summed E-state index contributed by atoms with van der Waals surface area (Å²) in [6.07, 6.45) is 0. The highest BCUT2D eigenvalue weighted by molar-refractivity contribution is 7.92. The lowest BCUT2D eigenvalue weighted by Gasteiger charge is -2.10. The Bertz CT molecular complexity index is 822. The Morgan fingerprint density at radius 2 is 1.87 bits per heavy atom. The van der Waals surface area contributed by atoms with Crippen LogP contribution in [0.3, 0.4) is 0 Å². The summed E-state index contributed by atoms with van der Waals surface area (Å²) in [6, 6.07) is 8.70. The third-order valence-electron chi connectivity index (χ3n) is 2.83. The maximum atomic E-state index is 13.0. The molecule has 122 valence electrons. The third kappa shape index (κ3) is 4.20. The lowest BCUT2D eigenvalue weighted by atomic mass is 10.2. The standard InChI is InChI=1S/C15H13ClFNO4S/c1-2-22-15(19)10-3-6-12(7-4-10)18-23(20,21)14-8-5-11(17)9-13(14)16/h3-9,18H,2H2,1H3. The number of hydrogen-bond donors (Lipinski definition) is 1. The van der Waals surface area contributed by atoms with Crippen LogP contribution in [0.2, 0.25) is 5.02 Å². The molecule has 0 aromatic heterocycles. The van der Waals surface area contributed by atoms with Crippen molar-refractivity contribution >= 4 is 33.3 Å². The van der Waals surface area contributed by atoms with E-state index < -0.39 is 21.8 Å². The average Bonchev–Trinajstić information content (AvgIpc) is 2.47. The highest BCUT2D eigenvalue weighted by Crippen LogP contribution is 2.24. The van der Waals surface area contributed by atoms with Crippen molar-refractivity contribution in [3.8, 4) is 0 Å². The summed E-state index contributed by atoms with van der Waals surface area (Å²) in [6.45, 7) is 1.93. The maximum absolute atomic E-state index is 13.0. The minimum absolute atomic E-state index is 0.222. The smallest absolute Gasteiger partial charge is 0.338 e. The van der Waals surface area contributed by atoms with Gasteiger partial charge >= 0.3 is 5.97 Å². The van der Waals surface area contributed by atoms with Crippen molar-refractivity contribution in [1.29, 1.82) is 0 Å². The fourth-order valence-corrected chi connectivity index (χ4v) is 3.38. The van der Waals surface area contributed by atoms with Gasteiger partial charge in [-0.25, -0.2) is 17.6 Å². The van der Waals surface area contributed by atoms with Gasteiger partial charge in [0.25, 0.3) is 10.0 Å². The number of hydrogen-bond acceptors (Lipinski definition) is 4. The minimum atomic E-state index is -3.97. The van der Waals surface area contributed by atoms with Gasteiger partial charge in [0.15, 0.2) is 0 Å². The van der Waals surface area contributed by atoms with Crippen molar-refractivity contribution in [2.24, 2.45) is 0 Å². The zero-order valence-electron chi connectivity index (χ0n) is 12.0. The average molecular weight is 358 g/mol. The minimum Gasteiger partial charge on any atom is -0.462 e. The lowest BCUT2D eigenvalue weighted by molar-refractivity contribution is 0.0526. The molecule has 0 aliphatic heterocycles. The van der Waals surface area contributed by atoms with Gasteiger partial charge in [-0.2, -0.15) is 0 Å². The van der Waals surface area contributed by atoms with E-state index in [1.165, 1.54) is 24.3 Å². The van der Waals surface area contributed by atoms with E-state index in [4.69, 9.17) is 16.3 Å².